The maximum Gasteiger partial charge on any atom is 0.0827 e. The van der Waals surface area contributed by atoms with E-state index in [1.807, 2.05) is 13.2 Å². The number of hydrogen-bond acceptors (Lipinski definition) is 3. The molecule has 84 valence electrons. The maximum atomic E-state index is 6.18. The Morgan fingerprint density at radius 2 is 2.27 bits per heavy atom. The van der Waals surface area contributed by atoms with Crippen LogP contribution in [-0.2, 0) is 13.5 Å². The van der Waals surface area contributed by atoms with Crippen LogP contribution in [0.2, 0.25) is 0 Å². The Balaban J connectivity index is 1.77. The van der Waals surface area contributed by atoms with E-state index in [2.05, 4.69) is 10.3 Å². The topological polar surface area (TPSA) is 56.7 Å². The molecular formula is C11H20N4. The van der Waals surface area contributed by atoms with E-state index >= 15 is 0 Å². The molecule has 1 saturated carbocycles. The highest BCUT2D eigenvalue weighted by Gasteiger charge is 2.21. The average Bonchev–Trinajstić information content (AvgIpc) is 2.84. The minimum atomic E-state index is 0.356. The highest BCUT2D eigenvalue weighted by Crippen LogP contribution is 2.28. The lowest BCUT2D eigenvalue weighted by Crippen LogP contribution is -2.28. The first kappa shape index (κ1) is 10.6. The zero-order valence-corrected chi connectivity index (χ0v) is 9.39. The van der Waals surface area contributed by atoms with Gasteiger partial charge in [-0.1, -0.05) is 18.1 Å². The van der Waals surface area contributed by atoms with Crippen LogP contribution in [0.1, 0.15) is 37.8 Å². The van der Waals surface area contributed by atoms with Crippen molar-refractivity contribution in [3.8, 4) is 0 Å². The smallest absolute Gasteiger partial charge is 0.0827 e. The molecule has 0 radical (unpaired) electrons. The molecule has 2 rings (SSSR count). The van der Waals surface area contributed by atoms with Crippen LogP contribution < -0.4 is 5.73 Å². The Bertz CT molecular complexity index is 301. The Morgan fingerprint density at radius 1 is 1.53 bits per heavy atom. The minimum absolute atomic E-state index is 0.356. The van der Waals surface area contributed by atoms with Crippen molar-refractivity contribution in [2.45, 2.75) is 44.6 Å². The first-order valence-corrected chi connectivity index (χ1v) is 5.86. The highest BCUT2D eigenvalue weighted by molar-refractivity contribution is 4.93. The molecule has 0 saturated heterocycles. The molecule has 0 aromatic carbocycles. The van der Waals surface area contributed by atoms with Gasteiger partial charge in [0.25, 0.3) is 0 Å². The van der Waals surface area contributed by atoms with Crippen molar-refractivity contribution in [3.63, 3.8) is 0 Å². The summed E-state index contributed by atoms with van der Waals surface area (Å²) in [7, 11) is 1.90. The molecule has 4 heteroatoms. The molecule has 1 aromatic rings. The number of rotatable bonds is 4. The number of hydrogen-bond donors (Lipinski definition) is 1. The van der Waals surface area contributed by atoms with Crippen molar-refractivity contribution in [1.29, 1.82) is 0 Å². The van der Waals surface area contributed by atoms with Crippen molar-refractivity contribution < 1.29 is 0 Å². The van der Waals surface area contributed by atoms with Gasteiger partial charge >= 0.3 is 0 Å². The van der Waals surface area contributed by atoms with Crippen LogP contribution in [0.4, 0.5) is 0 Å². The van der Waals surface area contributed by atoms with Crippen LogP contribution in [-0.4, -0.2) is 21.0 Å². The molecule has 15 heavy (non-hydrogen) atoms. The lowest BCUT2D eigenvalue weighted by Gasteiger charge is -2.17. The Labute approximate surface area is 90.8 Å². The third-order valence-corrected chi connectivity index (χ3v) is 3.39. The molecule has 1 aliphatic rings. The number of aromatic nitrogens is 3. The average molecular weight is 208 g/mol. The fourth-order valence-electron chi connectivity index (χ4n) is 2.45. The lowest BCUT2D eigenvalue weighted by molar-refractivity contribution is 0.409. The molecule has 4 nitrogen and oxygen atoms in total. The largest absolute Gasteiger partial charge is 0.327 e. The van der Waals surface area contributed by atoms with E-state index in [4.69, 9.17) is 5.73 Å². The predicted octanol–water partition coefficient (Wildman–Crippen LogP) is 1.27. The third-order valence-electron chi connectivity index (χ3n) is 3.39. The monoisotopic (exact) mass is 208 g/mol. The van der Waals surface area contributed by atoms with Crippen LogP contribution in [0.5, 0.6) is 0 Å². The molecule has 1 aromatic heterocycles. The molecule has 1 heterocycles. The van der Waals surface area contributed by atoms with Gasteiger partial charge in [-0.05, 0) is 31.6 Å². The summed E-state index contributed by atoms with van der Waals surface area (Å²) >= 11 is 0. The van der Waals surface area contributed by atoms with Gasteiger partial charge < -0.3 is 5.73 Å². The van der Waals surface area contributed by atoms with E-state index in [9.17, 15) is 0 Å². The normalized spacial score (nSPS) is 19.6. The molecule has 1 unspecified atom stereocenters. The van der Waals surface area contributed by atoms with E-state index < -0.39 is 0 Å². The van der Waals surface area contributed by atoms with Gasteiger partial charge in [-0.3, -0.25) is 4.68 Å². The number of nitrogens with two attached hydrogens (primary N) is 1. The fourth-order valence-corrected chi connectivity index (χ4v) is 2.45. The minimum Gasteiger partial charge on any atom is -0.327 e. The van der Waals surface area contributed by atoms with E-state index in [-0.39, 0.29) is 0 Å². The Morgan fingerprint density at radius 3 is 2.87 bits per heavy atom. The zero-order valence-electron chi connectivity index (χ0n) is 9.39. The van der Waals surface area contributed by atoms with Crippen LogP contribution >= 0.6 is 0 Å². The second kappa shape index (κ2) is 4.75. The van der Waals surface area contributed by atoms with Gasteiger partial charge in [0.1, 0.15) is 0 Å². The third kappa shape index (κ3) is 2.78. The summed E-state index contributed by atoms with van der Waals surface area (Å²) in [5, 5.41) is 7.99. The second-order valence-electron chi connectivity index (χ2n) is 4.63. The van der Waals surface area contributed by atoms with Crippen molar-refractivity contribution in [1.82, 2.24) is 15.0 Å². The van der Waals surface area contributed by atoms with Crippen LogP contribution in [0.15, 0.2) is 6.20 Å². The highest BCUT2D eigenvalue weighted by atomic mass is 15.4. The van der Waals surface area contributed by atoms with Gasteiger partial charge in [-0.25, -0.2) is 0 Å². The summed E-state index contributed by atoms with van der Waals surface area (Å²) in [5.74, 6) is 0.752. The SMILES string of the molecule is Cn1cc(CCC(N)C2CCCC2)nn1. The van der Waals surface area contributed by atoms with Crippen LogP contribution in [0.25, 0.3) is 0 Å². The fraction of sp³-hybridized carbons (Fsp3) is 0.818. The van der Waals surface area contributed by atoms with Gasteiger partial charge in [0, 0.05) is 19.3 Å². The summed E-state index contributed by atoms with van der Waals surface area (Å²) in [6.07, 6.45) is 9.35. The van der Waals surface area contributed by atoms with E-state index in [0.29, 0.717) is 6.04 Å². The molecule has 1 aliphatic carbocycles. The summed E-state index contributed by atoms with van der Waals surface area (Å²) < 4.78 is 1.75. The first-order valence-electron chi connectivity index (χ1n) is 5.86. The van der Waals surface area contributed by atoms with Gasteiger partial charge in [-0.15, -0.1) is 5.10 Å². The van der Waals surface area contributed by atoms with Crippen LogP contribution in [0, 0.1) is 5.92 Å². The summed E-state index contributed by atoms with van der Waals surface area (Å²) in [5.41, 5.74) is 7.24. The van der Waals surface area contributed by atoms with E-state index in [1.165, 1.54) is 25.7 Å². The van der Waals surface area contributed by atoms with E-state index in [0.717, 1.165) is 24.5 Å². The molecule has 1 atom stereocenters. The summed E-state index contributed by atoms with van der Waals surface area (Å²) in [4.78, 5) is 0. The Kier molecular flexibility index (Phi) is 3.36. The molecular weight excluding hydrogens is 188 g/mol. The molecule has 0 aliphatic heterocycles. The zero-order chi connectivity index (χ0) is 10.7. The number of aryl methyl sites for hydroxylation is 2. The van der Waals surface area contributed by atoms with Crippen molar-refractivity contribution >= 4 is 0 Å². The molecule has 2 N–H and O–H groups in total. The quantitative estimate of drug-likeness (QED) is 0.810. The summed E-state index contributed by atoms with van der Waals surface area (Å²) in [6, 6.07) is 0.356. The van der Waals surface area contributed by atoms with Gasteiger partial charge in [0.15, 0.2) is 0 Å². The molecule has 0 amide bonds. The molecule has 0 spiro atoms. The molecule has 1 fully saturated rings. The Hall–Kier alpha value is -0.900. The standard InChI is InChI=1S/C11H20N4/c1-15-8-10(13-14-15)6-7-11(12)9-4-2-3-5-9/h8-9,11H,2-7,12H2,1H3. The van der Waals surface area contributed by atoms with Gasteiger partial charge in [0.2, 0.25) is 0 Å². The molecule has 0 bridgehead atoms. The van der Waals surface area contributed by atoms with Crippen molar-refractivity contribution in [2.75, 3.05) is 0 Å². The van der Waals surface area contributed by atoms with Gasteiger partial charge in [-0.2, -0.15) is 0 Å². The second-order valence-corrected chi connectivity index (χ2v) is 4.63. The van der Waals surface area contributed by atoms with E-state index in [1.54, 1.807) is 4.68 Å². The van der Waals surface area contributed by atoms with Gasteiger partial charge in [0.05, 0.1) is 5.69 Å². The maximum absolute atomic E-state index is 6.18. The van der Waals surface area contributed by atoms with Crippen LogP contribution in [0.3, 0.4) is 0 Å². The lowest BCUT2D eigenvalue weighted by atomic mass is 9.94. The number of nitrogens with zero attached hydrogens (tertiary/aromatic N) is 3. The van der Waals surface area contributed by atoms with Crippen molar-refractivity contribution in [3.05, 3.63) is 11.9 Å². The van der Waals surface area contributed by atoms with Crippen molar-refractivity contribution in [2.24, 2.45) is 18.7 Å². The summed E-state index contributed by atoms with van der Waals surface area (Å²) in [6.45, 7) is 0. The predicted molar refractivity (Wildman–Crippen MR) is 59.3 cm³/mol. The first-order chi connectivity index (χ1) is 7.25.